The van der Waals surface area contributed by atoms with Crippen LogP contribution in [0.5, 0.6) is 0 Å². The standard InChI is InChI=1S/C28H22ClF3N2O2/c1-16-9-11-17(12-10-16)19-14-22-25(24(35)15-19)26(18-5-4-6-20(29)13-18)34(27(36)28(30,31)32)23-8-3-2-7-21(23)33-22/h2-13,19,26,33H,14-15H2,1H3/t19-,26-/m1/s1. The Morgan fingerprint density at radius 3 is 2.39 bits per heavy atom. The molecule has 8 heteroatoms. The molecule has 0 aromatic heterocycles. The van der Waals surface area contributed by atoms with Gasteiger partial charge in [0.2, 0.25) is 0 Å². The maximum atomic E-state index is 13.9. The number of aryl methyl sites for hydroxylation is 1. The average Bonchev–Trinajstić information content (AvgIpc) is 2.98. The van der Waals surface area contributed by atoms with E-state index < -0.39 is 18.1 Å². The summed E-state index contributed by atoms with van der Waals surface area (Å²) in [4.78, 5) is 27.3. The van der Waals surface area contributed by atoms with Crippen LogP contribution in [0.15, 0.2) is 84.1 Å². The minimum Gasteiger partial charge on any atom is -0.357 e. The van der Waals surface area contributed by atoms with E-state index in [4.69, 9.17) is 11.6 Å². The molecule has 1 N–H and O–H groups in total. The molecule has 0 unspecified atom stereocenters. The van der Waals surface area contributed by atoms with Crippen LogP contribution in [-0.4, -0.2) is 17.9 Å². The van der Waals surface area contributed by atoms with Crippen molar-refractivity contribution in [2.75, 3.05) is 10.2 Å². The number of nitrogens with zero attached hydrogens (tertiary/aromatic N) is 1. The van der Waals surface area contributed by atoms with E-state index in [-0.39, 0.29) is 29.4 Å². The molecule has 0 fully saturated rings. The zero-order valence-electron chi connectivity index (χ0n) is 19.3. The van der Waals surface area contributed by atoms with E-state index in [9.17, 15) is 22.8 Å². The lowest BCUT2D eigenvalue weighted by molar-refractivity contribution is -0.170. The first-order valence-electron chi connectivity index (χ1n) is 11.5. The topological polar surface area (TPSA) is 49.4 Å². The highest BCUT2D eigenvalue weighted by Crippen LogP contribution is 2.48. The number of rotatable bonds is 2. The van der Waals surface area contributed by atoms with E-state index in [1.54, 1.807) is 36.4 Å². The summed E-state index contributed by atoms with van der Waals surface area (Å²) in [7, 11) is 0. The van der Waals surface area contributed by atoms with Crippen LogP contribution in [0, 0.1) is 6.92 Å². The number of carbonyl (C=O) groups is 2. The van der Waals surface area contributed by atoms with Gasteiger partial charge in [0.15, 0.2) is 5.78 Å². The summed E-state index contributed by atoms with van der Waals surface area (Å²) < 4.78 is 41.8. The summed E-state index contributed by atoms with van der Waals surface area (Å²) in [6.45, 7) is 1.97. The highest BCUT2D eigenvalue weighted by Gasteiger charge is 2.50. The number of alkyl halides is 3. The molecule has 0 saturated heterocycles. The number of allylic oxidation sites excluding steroid dienone is 1. The number of carbonyl (C=O) groups excluding carboxylic acids is 2. The van der Waals surface area contributed by atoms with Crippen molar-refractivity contribution in [3.05, 3.63) is 106 Å². The fourth-order valence-electron chi connectivity index (χ4n) is 5.02. The predicted octanol–water partition coefficient (Wildman–Crippen LogP) is 7.11. The summed E-state index contributed by atoms with van der Waals surface area (Å²) >= 11 is 6.21. The molecule has 1 heterocycles. The molecule has 184 valence electrons. The zero-order chi connectivity index (χ0) is 25.6. The van der Waals surface area contributed by atoms with E-state index in [2.05, 4.69) is 5.32 Å². The number of anilines is 2. The molecule has 1 aliphatic heterocycles. The van der Waals surface area contributed by atoms with Crippen molar-refractivity contribution in [3.8, 4) is 0 Å². The van der Waals surface area contributed by atoms with E-state index in [0.717, 1.165) is 11.1 Å². The van der Waals surface area contributed by atoms with Crippen LogP contribution in [0.2, 0.25) is 5.02 Å². The highest BCUT2D eigenvalue weighted by molar-refractivity contribution is 6.30. The largest absolute Gasteiger partial charge is 0.471 e. The summed E-state index contributed by atoms with van der Waals surface area (Å²) in [6, 6.07) is 19.2. The van der Waals surface area contributed by atoms with Gasteiger partial charge in [-0.1, -0.05) is 65.7 Å². The van der Waals surface area contributed by atoms with Gasteiger partial charge < -0.3 is 5.32 Å². The third-order valence-electron chi connectivity index (χ3n) is 6.66. The minimum absolute atomic E-state index is 0.0406. The van der Waals surface area contributed by atoms with Gasteiger partial charge >= 0.3 is 12.1 Å². The summed E-state index contributed by atoms with van der Waals surface area (Å²) in [5, 5.41) is 3.51. The number of Topliss-reactive ketones (excluding diaryl/α,β-unsaturated/α-hetero) is 1. The number of halogens is 4. The number of ketones is 1. The quantitative estimate of drug-likeness (QED) is 0.399. The molecule has 3 aromatic rings. The van der Waals surface area contributed by atoms with Crippen LogP contribution in [0.25, 0.3) is 0 Å². The molecule has 0 saturated carbocycles. The third-order valence-corrected chi connectivity index (χ3v) is 6.90. The Morgan fingerprint density at radius 2 is 1.69 bits per heavy atom. The number of fused-ring (bicyclic) bond motifs is 1. The molecule has 0 spiro atoms. The van der Waals surface area contributed by atoms with Gasteiger partial charge in [-0.3, -0.25) is 14.5 Å². The molecule has 0 bridgehead atoms. The van der Waals surface area contributed by atoms with Crippen LogP contribution in [0.1, 0.15) is 41.5 Å². The van der Waals surface area contributed by atoms with Crippen molar-refractivity contribution in [1.82, 2.24) is 0 Å². The monoisotopic (exact) mass is 510 g/mol. The molecular formula is C28H22ClF3N2O2. The van der Waals surface area contributed by atoms with Crippen LogP contribution in [-0.2, 0) is 9.59 Å². The Morgan fingerprint density at radius 1 is 0.972 bits per heavy atom. The summed E-state index contributed by atoms with van der Waals surface area (Å²) in [6.07, 6.45) is -4.63. The van der Waals surface area contributed by atoms with E-state index in [1.165, 1.54) is 12.1 Å². The van der Waals surface area contributed by atoms with E-state index in [0.29, 0.717) is 33.3 Å². The highest BCUT2D eigenvalue weighted by atomic mass is 35.5. The molecule has 4 nitrogen and oxygen atoms in total. The Balaban J connectivity index is 1.73. The van der Waals surface area contributed by atoms with Crippen LogP contribution >= 0.6 is 11.6 Å². The average molecular weight is 511 g/mol. The number of hydrogen-bond acceptors (Lipinski definition) is 3. The first-order valence-corrected chi connectivity index (χ1v) is 11.9. The van der Waals surface area contributed by atoms with Gasteiger partial charge in [-0.05, 0) is 54.7 Å². The van der Waals surface area contributed by atoms with Crippen molar-refractivity contribution >= 4 is 34.7 Å². The number of benzene rings is 3. The SMILES string of the molecule is Cc1ccc([C@H]2CC(=O)C3=C(C2)Nc2ccccc2N(C(=O)C(F)(F)F)[C@@H]3c2cccc(Cl)c2)cc1. The number of hydrogen-bond donors (Lipinski definition) is 1. The maximum Gasteiger partial charge on any atom is 0.471 e. The molecule has 2 aliphatic rings. The predicted molar refractivity (Wildman–Crippen MR) is 133 cm³/mol. The fraction of sp³-hybridized carbons (Fsp3) is 0.214. The molecule has 2 atom stereocenters. The molecule has 36 heavy (non-hydrogen) atoms. The summed E-state index contributed by atoms with van der Waals surface area (Å²) in [5.41, 5.74) is 3.41. The van der Waals surface area contributed by atoms with Crippen molar-refractivity contribution in [2.45, 2.75) is 37.9 Å². The first kappa shape index (κ1) is 24.1. The minimum atomic E-state index is -5.16. The first-order chi connectivity index (χ1) is 17.1. The molecule has 1 aliphatic carbocycles. The molecule has 1 amide bonds. The normalized spacial score (nSPS) is 19.8. The van der Waals surface area contributed by atoms with E-state index >= 15 is 0 Å². The van der Waals surface area contributed by atoms with Crippen LogP contribution in [0.4, 0.5) is 24.5 Å². The van der Waals surface area contributed by atoms with Gasteiger partial charge in [0.05, 0.1) is 17.4 Å². The Hall–Kier alpha value is -3.58. The number of amides is 1. The fourth-order valence-corrected chi connectivity index (χ4v) is 5.22. The van der Waals surface area contributed by atoms with Crippen molar-refractivity contribution in [3.63, 3.8) is 0 Å². The summed E-state index contributed by atoms with van der Waals surface area (Å²) in [5.74, 6) is -2.52. The van der Waals surface area contributed by atoms with Gasteiger partial charge in [0.1, 0.15) is 0 Å². The van der Waals surface area contributed by atoms with Gasteiger partial charge in [-0.15, -0.1) is 0 Å². The Labute approximate surface area is 211 Å². The zero-order valence-corrected chi connectivity index (χ0v) is 20.0. The second-order valence-electron chi connectivity index (χ2n) is 9.10. The van der Waals surface area contributed by atoms with Crippen molar-refractivity contribution in [1.29, 1.82) is 0 Å². The van der Waals surface area contributed by atoms with Gasteiger partial charge in [-0.2, -0.15) is 13.2 Å². The van der Waals surface area contributed by atoms with Gasteiger partial charge in [0.25, 0.3) is 0 Å². The molecule has 3 aromatic carbocycles. The van der Waals surface area contributed by atoms with Crippen LogP contribution < -0.4 is 10.2 Å². The number of para-hydroxylation sites is 2. The Bertz CT molecular complexity index is 1380. The second kappa shape index (κ2) is 9.13. The molecule has 5 rings (SSSR count). The molecular weight excluding hydrogens is 489 g/mol. The number of nitrogens with one attached hydrogen (secondary N) is 1. The lowest BCUT2D eigenvalue weighted by Gasteiger charge is -2.35. The van der Waals surface area contributed by atoms with Gasteiger partial charge in [0, 0.05) is 22.7 Å². The van der Waals surface area contributed by atoms with E-state index in [1.807, 2.05) is 31.2 Å². The smallest absolute Gasteiger partial charge is 0.357 e. The van der Waals surface area contributed by atoms with Crippen LogP contribution in [0.3, 0.4) is 0 Å². The maximum absolute atomic E-state index is 13.9. The Kier molecular flexibility index (Phi) is 6.12. The van der Waals surface area contributed by atoms with Crippen molar-refractivity contribution in [2.24, 2.45) is 0 Å². The lowest BCUT2D eigenvalue weighted by Crippen LogP contribution is -2.45. The molecule has 0 radical (unpaired) electrons. The second-order valence-corrected chi connectivity index (χ2v) is 9.54. The lowest BCUT2D eigenvalue weighted by atomic mass is 9.78. The third kappa shape index (κ3) is 4.39. The van der Waals surface area contributed by atoms with Gasteiger partial charge in [-0.25, -0.2) is 0 Å². The van der Waals surface area contributed by atoms with Crippen molar-refractivity contribution < 1.29 is 22.8 Å².